The number of hydrogen-bond acceptors (Lipinski definition) is 2. The van der Waals surface area contributed by atoms with Crippen molar-refractivity contribution in [3.8, 4) is 0 Å². The Hall–Kier alpha value is -0.790. The van der Waals surface area contributed by atoms with Crippen LogP contribution in [0, 0.1) is 12.0 Å². The van der Waals surface area contributed by atoms with Gasteiger partial charge in [-0.2, -0.15) is 5.10 Å². The van der Waals surface area contributed by atoms with Crippen molar-refractivity contribution in [1.82, 2.24) is 5.43 Å². The lowest BCUT2D eigenvalue weighted by Crippen LogP contribution is -2.20. The Morgan fingerprint density at radius 2 is 2.33 bits per heavy atom. The van der Waals surface area contributed by atoms with Gasteiger partial charge < -0.3 is 0 Å². The summed E-state index contributed by atoms with van der Waals surface area (Å²) in [5, 5.41) is 3.88. The van der Waals surface area contributed by atoms with Crippen LogP contribution in [-0.4, -0.2) is 6.21 Å². The molecule has 0 bridgehead atoms. The third kappa shape index (κ3) is 1.56. The molecule has 9 heavy (non-hydrogen) atoms. The second kappa shape index (κ2) is 2.67. The van der Waals surface area contributed by atoms with Gasteiger partial charge in [0.25, 0.3) is 0 Å². The van der Waals surface area contributed by atoms with E-state index in [1.54, 1.807) is 6.21 Å². The van der Waals surface area contributed by atoms with Crippen LogP contribution < -0.4 is 5.43 Å². The molecule has 1 N–H and O–H groups in total. The van der Waals surface area contributed by atoms with E-state index in [1.165, 1.54) is 6.04 Å². The average Bonchev–Trinajstić information content (AvgIpc) is 1.90. The summed E-state index contributed by atoms with van der Waals surface area (Å²) >= 11 is 0. The van der Waals surface area contributed by atoms with Crippen LogP contribution in [0.15, 0.2) is 17.3 Å². The molecule has 0 atom stereocenters. The molecular weight excluding hydrogens is 112 g/mol. The summed E-state index contributed by atoms with van der Waals surface area (Å²) < 4.78 is 0. The molecule has 1 aliphatic rings. The molecule has 0 spiro atoms. The summed E-state index contributed by atoms with van der Waals surface area (Å²) in [4.78, 5) is 0. The van der Waals surface area contributed by atoms with Crippen LogP contribution in [0.5, 0.6) is 0 Å². The fourth-order valence-electron chi connectivity index (χ4n) is 0.660. The van der Waals surface area contributed by atoms with Crippen LogP contribution in [0.4, 0.5) is 0 Å². The maximum Gasteiger partial charge on any atom is 0.104 e. The number of nitrogens with one attached hydrogen (secondary N) is 1. The molecule has 0 unspecified atom stereocenters. The third-order valence-corrected chi connectivity index (χ3v) is 1.25. The van der Waals surface area contributed by atoms with E-state index < -0.39 is 0 Å². The molecule has 0 amide bonds. The molecule has 0 saturated carbocycles. The topological polar surface area (TPSA) is 24.4 Å². The molecule has 0 saturated heterocycles. The van der Waals surface area contributed by atoms with Gasteiger partial charge in [-0.3, -0.25) is 5.43 Å². The molecule has 0 aromatic heterocycles. The summed E-state index contributed by atoms with van der Waals surface area (Å²) in [6.45, 7) is 4.26. The Kier molecular flexibility index (Phi) is 1.88. The van der Waals surface area contributed by atoms with Crippen molar-refractivity contribution in [2.45, 2.75) is 13.8 Å². The molecule has 1 radical (unpaired) electrons. The zero-order chi connectivity index (χ0) is 6.69. The Morgan fingerprint density at radius 3 is 2.67 bits per heavy atom. The first-order chi connectivity index (χ1) is 4.30. The highest BCUT2D eigenvalue weighted by atomic mass is 15.3. The van der Waals surface area contributed by atoms with Gasteiger partial charge in [0.1, 0.15) is 6.04 Å². The van der Waals surface area contributed by atoms with Crippen LogP contribution in [0.3, 0.4) is 0 Å². The molecule has 0 fully saturated rings. The quantitative estimate of drug-likeness (QED) is 0.558. The van der Waals surface area contributed by atoms with Crippen molar-refractivity contribution in [3.05, 3.63) is 18.2 Å². The van der Waals surface area contributed by atoms with Gasteiger partial charge in [0.15, 0.2) is 0 Å². The predicted molar refractivity (Wildman–Crippen MR) is 38.8 cm³/mol. The molecule has 1 rings (SSSR count). The second-order valence-corrected chi connectivity index (χ2v) is 2.36. The number of allylic oxidation sites excluding steroid dienone is 1. The zero-order valence-corrected chi connectivity index (χ0v) is 5.76. The van der Waals surface area contributed by atoms with Crippen LogP contribution in [0.1, 0.15) is 13.8 Å². The van der Waals surface area contributed by atoms with Crippen LogP contribution in [0.25, 0.3) is 0 Å². The highest BCUT2D eigenvalue weighted by Gasteiger charge is 2.09. The van der Waals surface area contributed by atoms with Gasteiger partial charge in [-0.1, -0.05) is 19.9 Å². The summed E-state index contributed by atoms with van der Waals surface area (Å²) in [6, 6.07) is 1.18. The fraction of sp³-hybridized carbons (Fsp3) is 0.429. The van der Waals surface area contributed by atoms with E-state index in [-0.39, 0.29) is 0 Å². The van der Waals surface area contributed by atoms with Crippen molar-refractivity contribution in [3.63, 3.8) is 0 Å². The van der Waals surface area contributed by atoms with Gasteiger partial charge >= 0.3 is 0 Å². The van der Waals surface area contributed by atoms with E-state index in [1.807, 2.05) is 12.2 Å². The van der Waals surface area contributed by atoms with E-state index in [0.717, 1.165) is 0 Å². The van der Waals surface area contributed by atoms with Crippen LogP contribution in [0.2, 0.25) is 0 Å². The van der Waals surface area contributed by atoms with Crippen molar-refractivity contribution in [2.75, 3.05) is 0 Å². The van der Waals surface area contributed by atoms with E-state index in [4.69, 9.17) is 0 Å². The smallest absolute Gasteiger partial charge is 0.104 e. The SMILES string of the molecule is CC(C)[C]1C=CC=NN1. The predicted octanol–water partition coefficient (Wildman–Crippen LogP) is 1.32. The van der Waals surface area contributed by atoms with Gasteiger partial charge in [0.2, 0.25) is 0 Å². The maximum absolute atomic E-state index is 3.88. The highest BCUT2D eigenvalue weighted by molar-refractivity contribution is 5.72. The van der Waals surface area contributed by atoms with E-state index in [9.17, 15) is 0 Å². The highest BCUT2D eigenvalue weighted by Crippen LogP contribution is 2.12. The van der Waals surface area contributed by atoms with Gasteiger partial charge in [0, 0.05) is 6.21 Å². The number of rotatable bonds is 1. The lowest BCUT2D eigenvalue weighted by Gasteiger charge is -2.16. The summed E-state index contributed by atoms with van der Waals surface area (Å²) in [6.07, 6.45) is 5.72. The van der Waals surface area contributed by atoms with Crippen molar-refractivity contribution in [1.29, 1.82) is 0 Å². The summed E-state index contributed by atoms with van der Waals surface area (Å²) in [7, 11) is 0. The van der Waals surface area contributed by atoms with Crippen molar-refractivity contribution in [2.24, 2.45) is 11.0 Å². The Bertz CT molecular complexity index is 136. The lowest BCUT2D eigenvalue weighted by molar-refractivity contribution is 0.594. The first-order valence-corrected chi connectivity index (χ1v) is 3.13. The summed E-state index contributed by atoms with van der Waals surface area (Å²) in [5.74, 6) is 0.540. The fourth-order valence-corrected chi connectivity index (χ4v) is 0.660. The van der Waals surface area contributed by atoms with Crippen LogP contribution in [-0.2, 0) is 0 Å². The first-order valence-electron chi connectivity index (χ1n) is 3.13. The Morgan fingerprint density at radius 1 is 1.56 bits per heavy atom. The van der Waals surface area contributed by atoms with E-state index in [2.05, 4.69) is 24.4 Å². The molecule has 2 nitrogen and oxygen atoms in total. The molecule has 1 heterocycles. The molecule has 2 heteroatoms. The van der Waals surface area contributed by atoms with Crippen LogP contribution >= 0.6 is 0 Å². The van der Waals surface area contributed by atoms with Gasteiger partial charge in [0.05, 0.1) is 0 Å². The first kappa shape index (κ1) is 6.33. The lowest BCUT2D eigenvalue weighted by atomic mass is 10.0. The van der Waals surface area contributed by atoms with E-state index >= 15 is 0 Å². The molecule has 49 valence electrons. The Labute approximate surface area is 55.6 Å². The minimum absolute atomic E-state index is 0.540. The maximum atomic E-state index is 3.88. The van der Waals surface area contributed by atoms with Crippen molar-refractivity contribution < 1.29 is 0 Å². The van der Waals surface area contributed by atoms with Gasteiger partial charge in [-0.15, -0.1) is 0 Å². The normalized spacial score (nSPS) is 18.6. The number of nitrogens with zero attached hydrogens (tertiary/aromatic N) is 1. The molecule has 0 aromatic rings. The minimum atomic E-state index is 0.540. The second-order valence-electron chi connectivity index (χ2n) is 2.36. The molecule has 0 aromatic carbocycles. The van der Waals surface area contributed by atoms with Gasteiger partial charge in [-0.05, 0) is 12.0 Å². The van der Waals surface area contributed by atoms with E-state index in [0.29, 0.717) is 5.92 Å². The monoisotopic (exact) mass is 123 g/mol. The molecule has 1 aliphatic heterocycles. The third-order valence-electron chi connectivity index (χ3n) is 1.25. The zero-order valence-electron chi connectivity index (χ0n) is 5.76. The number of hydrogen-bond donors (Lipinski definition) is 1. The molecular formula is C7H11N2. The van der Waals surface area contributed by atoms with Gasteiger partial charge in [-0.25, -0.2) is 0 Å². The standard InChI is InChI=1S/C7H11N2/c1-6(2)7-4-3-5-8-9-7/h3-6,9H,1-2H3. The van der Waals surface area contributed by atoms with Crippen molar-refractivity contribution >= 4 is 6.21 Å². The average molecular weight is 123 g/mol. The number of hydrazone groups is 1. The largest absolute Gasteiger partial charge is 0.297 e. The Balaban J connectivity index is 2.46. The molecule has 0 aliphatic carbocycles. The minimum Gasteiger partial charge on any atom is -0.297 e. The summed E-state index contributed by atoms with van der Waals surface area (Å²) in [5.41, 5.74) is 2.92.